The first-order valence-corrected chi connectivity index (χ1v) is 10.1. The van der Waals surface area contributed by atoms with E-state index in [1.54, 1.807) is 0 Å². The number of hydrogen-bond acceptors (Lipinski definition) is 4. The first kappa shape index (κ1) is 25.8. The molecule has 2 aliphatic rings. The number of rotatable bonds is 7. The summed E-state index contributed by atoms with van der Waals surface area (Å²) in [7, 11) is 0. The van der Waals surface area contributed by atoms with Crippen molar-refractivity contribution in [3.05, 3.63) is 35.6 Å². The molecule has 2 saturated heterocycles. The second-order valence-corrected chi connectivity index (χ2v) is 7.90. The average molecular weight is 448 g/mol. The second-order valence-electron chi connectivity index (χ2n) is 7.90. The lowest BCUT2D eigenvalue weighted by Gasteiger charge is -2.46. The zero-order chi connectivity index (χ0) is 19.3. The van der Waals surface area contributed by atoms with Crippen LogP contribution in [0.1, 0.15) is 55.3 Å². The summed E-state index contributed by atoms with van der Waals surface area (Å²) in [6.45, 7) is 3.48. The number of carbonyl (C=O) groups excluding carboxylic acids is 2. The van der Waals surface area contributed by atoms with Crippen LogP contribution in [0.25, 0.3) is 0 Å². The molecule has 3 rings (SSSR count). The van der Waals surface area contributed by atoms with Gasteiger partial charge in [-0.2, -0.15) is 0 Å². The predicted octanol–water partition coefficient (Wildman–Crippen LogP) is 3.34. The highest BCUT2D eigenvalue weighted by molar-refractivity contribution is 5.95. The molecule has 0 spiro atoms. The van der Waals surface area contributed by atoms with Crippen LogP contribution in [0, 0.1) is 11.2 Å². The number of benzene rings is 1. The Balaban J connectivity index is 0.00000210. The van der Waals surface area contributed by atoms with E-state index >= 15 is 0 Å². The maximum absolute atomic E-state index is 12.9. The molecule has 0 radical (unpaired) electrons. The maximum atomic E-state index is 12.9. The van der Waals surface area contributed by atoms with Crippen molar-refractivity contribution in [3.8, 4) is 0 Å². The average Bonchev–Trinajstić information content (AvgIpc) is 2.69. The van der Waals surface area contributed by atoms with Gasteiger partial charge in [0.1, 0.15) is 5.82 Å². The Kier molecular flexibility index (Phi) is 10.5. The molecule has 0 bridgehead atoms. The third-order valence-corrected chi connectivity index (χ3v) is 6.26. The molecule has 0 aromatic heterocycles. The molecule has 29 heavy (non-hydrogen) atoms. The Morgan fingerprint density at radius 2 is 1.79 bits per heavy atom. The van der Waals surface area contributed by atoms with Crippen molar-refractivity contribution in [2.75, 3.05) is 26.2 Å². The van der Waals surface area contributed by atoms with E-state index in [9.17, 15) is 14.0 Å². The molecule has 5 nitrogen and oxygen atoms in total. The highest BCUT2D eigenvalue weighted by Gasteiger charge is 2.46. The number of likely N-dealkylation sites (tertiary alicyclic amines) is 1. The summed E-state index contributed by atoms with van der Waals surface area (Å²) in [6, 6.07) is 5.92. The van der Waals surface area contributed by atoms with Gasteiger partial charge in [-0.3, -0.25) is 9.59 Å². The predicted molar refractivity (Wildman–Crippen MR) is 117 cm³/mol. The minimum atomic E-state index is -0.430. The number of amides is 1. The van der Waals surface area contributed by atoms with Crippen molar-refractivity contribution in [3.63, 3.8) is 0 Å². The van der Waals surface area contributed by atoms with Crippen LogP contribution in [0.5, 0.6) is 0 Å². The van der Waals surface area contributed by atoms with Gasteiger partial charge >= 0.3 is 0 Å². The molecule has 8 heteroatoms. The van der Waals surface area contributed by atoms with Crippen LogP contribution in [0.4, 0.5) is 4.39 Å². The third-order valence-electron chi connectivity index (χ3n) is 6.26. The number of nitrogens with zero attached hydrogens (tertiary/aromatic N) is 1. The molecule has 0 aliphatic carbocycles. The highest BCUT2D eigenvalue weighted by atomic mass is 35.5. The molecule has 164 valence electrons. The van der Waals surface area contributed by atoms with Gasteiger partial charge in [-0.1, -0.05) is 6.42 Å². The van der Waals surface area contributed by atoms with Crippen LogP contribution in [0.3, 0.4) is 0 Å². The number of Topliss-reactive ketones (excluding diaryl/α,β-unsaturated/α-hetero) is 1. The number of ketones is 1. The van der Waals surface area contributed by atoms with Crippen molar-refractivity contribution in [2.24, 2.45) is 11.1 Å². The number of hydrogen-bond donors (Lipinski definition) is 2. The summed E-state index contributed by atoms with van der Waals surface area (Å²) < 4.78 is 12.9. The fourth-order valence-electron chi connectivity index (χ4n) is 4.51. The third kappa shape index (κ3) is 6.38. The highest BCUT2D eigenvalue weighted by Crippen LogP contribution is 2.38. The summed E-state index contributed by atoms with van der Waals surface area (Å²) in [5, 5.41) is 3.52. The van der Waals surface area contributed by atoms with E-state index in [0.29, 0.717) is 12.0 Å². The van der Waals surface area contributed by atoms with Crippen molar-refractivity contribution in [1.82, 2.24) is 10.2 Å². The van der Waals surface area contributed by atoms with Crippen molar-refractivity contribution >= 4 is 36.5 Å². The molecule has 1 atom stereocenters. The zero-order valence-corrected chi connectivity index (χ0v) is 18.3. The lowest BCUT2D eigenvalue weighted by atomic mass is 9.69. The van der Waals surface area contributed by atoms with Crippen molar-refractivity contribution < 1.29 is 14.0 Å². The van der Waals surface area contributed by atoms with Crippen LogP contribution in [0.2, 0.25) is 0 Å². The Bertz CT molecular complexity index is 658. The van der Waals surface area contributed by atoms with E-state index in [0.717, 1.165) is 58.3 Å². The topological polar surface area (TPSA) is 75.4 Å². The van der Waals surface area contributed by atoms with Crippen LogP contribution in [0.15, 0.2) is 24.3 Å². The molecule has 3 N–H and O–H groups in total. The number of carbonyl (C=O) groups is 2. The van der Waals surface area contributed by atoms with E-state index in [1.165, 1.54) is 30.7 Å². The van der Waals surface area contributed by atoms with Gasteiger partial charge in [-0.15, -0.1) is 24.8 Å². The molecule has 1 aromatic carbocycles. The normalized spacial score (nSPS) is 21.5. The van der Waals surface area contributed by atoms with Crippen LogP contribution in [-0.4, -0.2) is 48.8 Å². The number of primary amides is 1. The molecule has 1 unspecified atom stereocenters. The first-order chi connectivity index (χ1) is 13.0. The Labute approximate surface area is 184 Å². The standard InChI is InChI=1S/C21H30FN3O2.2ClH/c22-17-8-6-16(7-9-17)18(26)4-3-13-25-14-10-21(11-15-25,20(23)27)19-5-1-2-12-24-19;;/h6-9,19,24H,1-5,10-15H2,(H2,23,27);2*1H. The molecule has 1 amide bonds. The number of nitrogens with one attached hydrogen (secondary N) is 1. The summed E-state index contributed by atoms with van der Waals surface area (Å²) in [4.78, 5) is 26.8. The first-order valence-electron chi connectivity index (χ1n) is 10.1. The van der Waals surface area contributed by atoms with Crippen molar-refractivity contribution in [1.29, 1.82) is 0 Å². The largest absolute Gasteiger partial charge is 0.369 e. The SMILES string of the molecule is Cl.Cl.NC(=O)C1(C2CCCCN2)CCN(CCCC(=O)c2ccc(F)cc2)CC1. The Hall–Kier alpha value is -1.21. The quantitative estimate of drug-likeness (QED) is 0.628. The summed E-state index contributed by atoms with van der Waals surface area (Å²) in [6.07, 6.45) is 6.13. The molecule has 1 aromatic rings. The fourth-order valence-corrected chi connectivity index (χ4v) is 4.51. The van der Waals surface area contributed by atoms with Crippen molar-refractivity contribution in [2.45, 2.75) is 51.0 Å². The monoisotopic (exact) mass is 447 g/mol. The van der Waals surface area contributed by atoms with Crippen LogP contribution < -0.4 is 11.1 Å². The summed E-state index contributed by atoms with van der Waals surface area (Å²) in [5.74, 6) is -0.455. The fraction of sp³-hybridized carbons (Fsp3) is 0.619. The molecule has 2 fully saturated rings. The van der Waals surface area contributed by atoms with E-state index < -0.39 is 5.41 Å². The molecule has 2 heterocycles. The van der Waals surface area contributed by atoms with Gasteiger partial charge in [0, 0.05) is 18.0 Å². The van der Waals surface area contributed by atoms with E-state index in [-0.39, 0.29) is 48.4 Å². The number of halogens is 3. The minimum absolute atomic E-state index is 0. The number of piperidine rings is 2. The maximum Gasteiger partial charge on any atom is 0.225 e. The minimum Gasteiger partial charge on any atom is -0.369 e. The van der Waals surface area contributed by atoms with Gasteiger partial charge < -0.3 is 16.0 Å². The van der Waals surface area contributed by atoms with Gasteiger partial charge in [0.2, 0.25) is 5.91 Å². The molecule has 0 saturated carbocycles. The van der Waals surface area contributed by atoms with Gasteiger partial charge in [0.25, 0.3) is 0 Å². The molecular weight excluding hydrogens is 416 g/mol. The summed E-state index contributed by atoms with van der Waals surface area (Å²) in [5.41, 5.74) is 5.96. The van der Waals surface area contributed by atoms with Gasteiger partial charge in [0.05, 0.1) is 5.41 Å². The molecular formula is C21H32Cl2FN3O2. The van der Waals surface area contributed by atoms with Gasteiger partial charge in [0.15, 0.2) is 5.78 Å². The lowest BCUT2D eigenvalue weighted by molar-refractivity contribution is -0.133. The summed E-state index contributed by atoms with van der Waals surface area (Å²) >= 11 is 0. The second kappa shape index (κ2) is 11.8. The smallest absolute Gasteiger partial charge is 0.225 e. The Morgan fingerprint density at radius 3 is 2.34 bits per heavy atom. The zero-order valence-electron chi connectivity index (χ0n) is 16.7. The van der Waals surface area contributed by atoms with E-state index in [4.69, 9.17) is 5.73 Å². The van der Waals surface area contributed by atoms with Gasteiger partial charge in [-0.05, 0) is 82.5 Å². The van der Waals surface area contributed by atoms with E-state index in [2.05, 4.69) is 10.2 Å². The lowest BCUT2D eigenvalue weighted by Crippen LogP contribution is -2.58. The van der Waals surface area contributed by atoms with E-state index in [1.807, 2.05) is 0 Å². The van der Waals surface area contributed by atoms with Crippen LogP contribution >= 0.6 is 24.8 Å². The van der Waals surface area contributed by atoms with Crippen LogP contribution in [-0.2, 0) is 4.79 Å². The van der Waals surface area contributed by atoms with Gasteiger partial charge in [-0.25, -0.2) is 4.39 Å². The molecule has 2 aliphatic heterocycles. The number of nitrogens with two attached hydrogens (primary N) is 1. The Morgan fingerprint density at radius 1 is 1.14 bits per heavy atom.